The number of thiazole rings is 1. The number of carbonyl (C=O) groups excluding carboxylic acids is 1. The number of amides is 1. The topological polar surface area (TPSA) is 64.0 Å². The van der Waals surface area contributed by atoms with Crippen molar-refractivity contribution in [1.82, 2.24) is 9.55 Å². The summed E-state index contributed by atoms with van der Waals surface area (Å²) in [5.41, 5.74) is 5.68. The second kappa shape index (κ2) is 6.87. The number of nitrogens with one attached hydrogen (secondary N) is 1. The molecule has 0 saturated carbocycles. The highest BCUT2D eigenvalue weighted by molar-refractivity contribution is 7.22. The highest BCUT2D eigenvalue weighted by atomic mass is 32.1. The van der Waals surface area contributed by atoms with Gasteiger partial charge in [0.05, 0.1) is 15.7 Å². The number of pyridine rings is 1. The highest BCUT2D eigenvalue weighted by Gasteiger charge is 2.14. The molecule has 0 unspecified atom stereocenters. The molecule has 4 aromatic rings. The molecule has 0 aliphatic rings. The Bertz CT molecular complexity index is 1300. The zero-order chi connectivity index (χ0) is 20.0. The number of rotatable bonds is 3. The second-order valence-electron chi connectivity index (χ2n) is 7.27. The molecule has 0 saturated heterocycles. The fourth-order valence-electron chi connectivity index (χ4n) is 3.61. The van der Waals surface area contributed by atoms with E-state index in [1.165, 1.54) is 11.3 Å². The lowest BCUT2D eigenvalue weighted by atomic mass is 10.0. The standard InChI is InChI=1S/C22H21N3O2S/c1-12-5-6-17-18(9-12)28-22(23-17)24-19(26)11-25-20(27)10-14(3)16-8-13(2)7-15(4)21(16)25/h5-10H,11H2,1-4H3,(H,23,24,26). The summed E-state index contributed by atoms with van der Waals surface area (Å²) in [4.78, 5) is 29.8. The fraction of sp³-hybridized carbons (Fsp3) is 0.227. The van der Waals surface area contributed by atoms with Gasteiger partial charge in [-0.25, -0.2) is 4.98 Å². The molecule has 0 aliphatic carbocycles. The maximum atomic E-state index is 12.7. The van der Waals surface area contributed by atoms with Gasteiger partial charge in [0, 0.05) is 11.5 Å². The molecule has 1 amide bonds. The quantitative estimate of drug-likeness (QED) is 0.560. The first-order chi connectivity index (χ1) is 13.3. The predicted octanol–water partition coefficient (Wildman–Crippen LogP) is 4.48. The first-order valence-corrected chi connectivity index (χ1v) is 9.92. The second-order valence-corrected chi connectivity index (χ2v) is 8.30. The largest absolute Gasteiger partial charge is 0.300 e. The summed E-state index contributed by atoms with van der Waals surface area (Å²) >= 11 is 1.44. The lowest BCUT2D eigenvalue weighted by Crippen LogP contribution is -2.28. The van der Waals surface area contributed by atoms with Crippen molar-refractivity contribution < 1.29 is 4.79 Å². The van der Waals surface area contributed by atoms with E-state index in [1.54, 1.807) is 10.6 Å². The number of hydrogen-bond acceptors (Lipinski definition) is 4. The molecule has 6 heteroatoms. The maximum Gasteiger partial charge on any atom is 0.251 e. The number of benzene rings is 2. The number of aromatic nitrogens is 2. The molecule has 0 aliphatic heterocycles. The highest BCUT2D eigenvalue weighted by Crippen LogP contribution is 2.27. The lowest BCUT2D eigenvalue weighted by Gasteiger charge is -2.14. The average molecular weight is 391 g/mol. The zero-order valence-electron chi connectivity index (χ0n) is 16.3. The van der Waals surface area contributed by atoms with Crippen molar-refractivity contribution in [3.05, 3.63) is 69.0 Å². The normalized spacial score (nSPS) is 11.3. The number of aryl methyl sites for hydroxylation is 4. The third-order valence-electron chi connectivity index (χ3n) is 4.84. The first kappa shape index (κ1) is 18.4. The monoisotopic (exact) mass is 391 g/mol. The number of anilines is 1. The summed E-state index contributed by atoms with van der Waals surface area (Å²) in [6.45, 7) is 7.91. The van der Waals surface area contributed by atoms with E-state index in [9.17, 15) is 9.59 Å². The van der Waals surface area contributed by atoms with Crippen molar-refractivity contribution in [2.45, 2.75) is 34.2 Å². The maximum absolute atomic E-state index is 12.7. The summed E-state index contributed by atoms with van der Waals surface area (Å²) in [6, 6.07) is 11.7. The molecule has 5 nitrogen and oxygen atoms in total. The van der Waals surface area contributed by atoms with Gasteiger partial charge in [-0.05, 0) is 62.6 Å². The average Bonchev–Trinajstić information content (AvgIpc) is 2.99. The van der Waals surface area contributed by atoms with Crippen LogP contribution in [0.15, 0.2) is 41.2 Å². The minimum atomic E-state index is -0.261. The number of fused-ring (bicyclic) bond motifs is 2. The summed E-state index contributed by atoms with van der Waals surface area (Å²) in [6.07, 6.45) is 0. The van der Waals surface area contributed by atoms with E-state index in [4.69, 9.17) is 0 Å². The molecule has 0 fully saturated rings. The van der Waals surface area contributed by atoms with E-state index in [0.717, 1.165) is 43.4 Å². The summed E-state index contributed by atoms with van der Waals surface area (Å²) in [7, 11) is 0. The Morgan fingerprint density at radius 2 is 1.82 bits per heavy atom. The van der Waals surface area contributed by atoms with E-state index in [0.29, 0.717) is 5.13 Å². The van der Waals surface area contributed by atoms with Crippen molar-refractivity contribution in [1.29, 1.82) is 0 Å². The third kappa shape index (κ3) is 3.31. The molecule has 0 atom stereocenters. The minimum absolute atomic E-state index is 0.0472. The SMILES string of the molecule is Cc1ccc2nc(NC(=O)Cn3c(=O)cc(C)c4cc(C)cc(C)c43)sc2c1. The molecule has 0 bridgehead atoms. The van der Waals surface area contributed by atoms with Crippen molar-refractivity contribution in [3.63, 3.8) is 0 Å². The first-order valence-electron chi connectivity index (χ1n) is 9.10. The van der Waals surface area contributed by atoms with Gasteiger partial charge in [0.25, 0.3) is 5.56 Å². The van der Waals surface area contributed by atoms with E-state index in [2.05, 4.69) is 16.4 Å². The van der Waals surface area contributed by atoms with Gasteiger partial charge in [-0.3, -0.25) is 14.2 Å². The van der Waals surface area contributed by atoms with Crippen molar-refractivity contribution in [2.24, 2.45) is 0 Å². The Morgan fingerprint density at radius 1 is 1.04 bits per heavy atom. The Hall–Kier alpha value is -2.99. The molecule has 142 valence electrons. The lowest BCUT2D eigenvalue weighted by molar-refractivity contribution is -0.116. The predicted molar refractivity (Wildman–Crippen MR) is 115 cm³/mol. The van der Waals surface area contributed by atoms with Gasteiger partial charge in [-0.2, -0.15) is 0 Å². The molecule has 0 spiro atoms. The van der Waals surface area contributed by atoms with Gasteiger partial charge in [0.2, 0.25) is 5.91 Å². The Balaban J connectivity index is 1.69. The Kier molecular flexibility index (Phi) is 4.51. The molecule has 2 aromatic heterocycles. The summed E-state index contributed by atoms with van der Waals surface area (Å²) < 4.78 is 2.57. The van der Waals surface area contributed by atoms with E-state index >= 15 is 0 Å². The van der Waals surface area contributed by atoms with Crippen LogP contribution in [0.4, 0.5) is 5.13 Å². The van der Waals surface area contributed by atoms with Crippen LogP contribution in [0.3, 0.4) is 0 Å². The molecular formula is C22H21N3O2S. The van der Waals surface area contributed by atoms with Gasteiger partial charge in [0.15, 0.2) is 5.13 Å². The van der Waals surface area contributed by atoms with Crippen LogP contribution < -0.4 is 10.9 Å². The molecule has 2 heterocycles. The Labute approximate surface area is 166 Å². The van der Waals surface area contributed by atoms with Crippen LogP contribution in [0.1, 0.15) is 22.3 Å². The fourth-order valence-corrected chi connectivity index (χ4v) is 4.59. The van der Waals surface area contributed by atoms with Gasteiger partial charge >= 0.3 is 0 Å². The van der Waals surface area contributed by atoms with Crippen LogP contribution in [0.25, 0.3) is 21.1 Å². The van der Waals surface area contributed by atoms with Crippen LogP contribution in [0.5, 0.6) is 0 Å². The molecule has 1 N–H and O–H groups in total. The smallest absolute Gasteiger partial charge is 0.251 e. The number of carbonyl (C=O) groups is 1. The van der Waals surface area contributed by atoms with Crippen LogP contribution in [-0.4, -0.2) is 15.5 Å². The van der Waals surface area contributed by atoms with Crippen molar-refractivity contribution in [3.8, 4) is 0 Å². The number of nitrogens with zero attached hydrogens (tertiary/aromatic N) is 2. The summed E-state index contributed by atoms with van der Waals surface area (Å²) in [5.74, 6) is -0.261. The molecule has 2 aromatic carbocycles. The van der Waals surface area contributed by atoms with E-state index in [-0.39, 0.29) is 18.0 Å². The minimum Gasteiger partial charge on any atom is -0.300 e. The number of hydrogen-bond donors (Lipinski definition) is 1. The Morgan fingerprint density at radius 3 is 2.61 bits per heavy atom. The third-order valence-corrected chi connectivity index (χ3v) is 5.77. The molecule has 28 heavy (non-hydrogen) atoms. The van der Waals surface area contributed by atoms with Crippen LogP contribution in [-0.2, 0) is 11.3 Å². The van der Waals surface area contributed by atoms with Gasteiger partial charge < -0.3 is 5.32 Å². The van der Waals surface area contributed by atoms with Gasteiger partial charge in [-0.15, -0.1) is 0 Å². The van der Waals surface area contributed by atoms with Gasteiger partial charge in [0.1, 0.15) is 6.54 Å². The van der Waals surface area contributed by atoms with Crippen LogP contribution in [0.2, 0.25) is 0 Å². The van der Waals surface area contributed by atoms with Gasteiger partial charge in [-0.1, -0.05) is 29.0 Å². The molecular weight excluding hydrogens is 370 g/mol. The summed E-state index contributed by atoms with van der Waals surface area (Å²) in [5, 5.41) is 4.39. The van der Waals surface area contributed by atoms with E-state index in [1.807, 2.05) is 52.0 Å². The molecule has 0 radical (unpaired) electrons. The van der Waals surface area contributed by atoms with Crippen LogP contribution in [0, 0.1) is 27.7 Å². The molecule has 4 rings (SSSR count). The van der Waals surface area contributed by atoms with Crippen molar-refractivity contribution in [2.75, 3.05) is 5.32 Å². The van der Waals surface area contributed by atoms with Crippen molar-refractivity contribution >= 4 is 43.5 Å². The van der Waals surface area contributed by atoms with Crippen LogP contribution >= 0.6 is 11.3 Å². The van der Waals surface area contributed by atoms with E-state index < -0.39 is 0 Å². The zero-order valence-corrected chi connectivity index (χ0v) is 17.1.